The van der Waals surface area contributed by atoms with E-state index < -0.39 is 0 Å². The molecule has 0 bridgehead atoms. The summed E-state index contributed by atoms with van der Waals surface area (Å²) in [4.78, 5) is 27.5. The first-order chi connectivity index (χ1) is 12.4. The SMILES string of the molecule is Cc1ccc(C(=O)N2CC(C)CC(C)C2)cc1NC(=O)C1CCNCC1.Cl. The largest absolute Gasteiger partial charge is 0.338 e. The summed E-state index contributed by atoms with van der Waals surface area (Å²) in [6.07, 6.45) is 2.91. The summed E-state index contributed by atoms with van der Waals surface area (Å²) in [6, 6.07) is 5.66. The van der Waals surface area contributed by atoms with Gasteiger partial charge in [-0.1, -0.05) is 19.9 Å². The number of likely N-dealkylation sites (tertiary alicyclic amines) is 1. The number of nitrogens with zero attached hydrogens (tertiary/aromatic N) is 1. The lowest BCUT2D eigenvalue weighted by molar-refractivity contribution is -0.120. The highest BCUT2D eigenvalue weighted by Gasteiger charge is 2.27. The first kappa shape index (κ1) is 21.7. The van der Waals surface area contributed by atoms with Crippen molar-refractivity contribution in [3.8, 4) is 0 Å². The molecule has 2 saturated heterocycles. The smallest absolute Gasteiger partial charge is 0.253 e. The number of piperidine rings is 2. The molecule has 3 rings (SSSR count). The molecule has 2 N–H and O–H groups in total. The fraction of sp³-hybridized carbons (Fsp3) is 0.619. The van der Waals surface area contributed by atoms with E-state index in [0.717, 1.165) is 50.3 Å². The number of carbonyl (C=O) groups excluding carboxylic acids is 2. The molecule has 1 aromatic rings. The van der Waals surface area contributed by atoms with Crippen molar-refractivity contribution in [3.63, 3.8) is 0 Å². The Morgan fingerprint density at radius 2 is 1.74 bits per heavy atom. The van der Waals surface area contributed by atoms with E-state index in [9.17, 15) is 9.59 Å². The van der Waals surface area contributed by atoms with Crippen molar-refractivity contribution < 1.29 is 9.59 Å². The second-order valence-corrected chi connectivity index (χ2v) is 8.20. The summed E-state index contributed by atoms with van der Waals surface area (Å²) >= 11 is 0. The van der Waals surface area contributed by atoms with Crippen LogP contribution in [0.25, 0.3) is 0 Å². The molecule has 2 heterocycles. The fourth-order valence-corrected chi connectivity index (χ4v) is 4.22. The maximum Gasteiger partial charge on any atom is 0.253 e. The Morgan fingerprint density at radius 1 is 1.11 bits per heavy atom. The van der Waals surface area contributed by atoms with Crippen LogP contribution in [0.1, 0.15) is 49.0 Å². The Labute approximate surface area is 168 Å². The summed E-state index contributed by atoms with van der Waals surface area (Å²) in [5.74, 6) is 1.26. The molecule has 2 aliphatic heterocycles. The molecule has 2 unspecified atom stereocenters. The van der Waals surface area contributed by atoms with E-state index in [1.165, 1.54) is 6.42 Å². The third-order valence-corrected chi connectivity index (χ3v) is 5.61. The third kappa shape index (κ3) is 5.45. The maximum absolute atomic E-state index is 12.9. The molecule has 0 aromatic heterocycles. The van der Waals surface area contributed by atoms with E-state index in [2.05, 4.69) is 24.5 Å². The second kappa shape index (κ2) is 9.56. The number of hydrogen-bond acceptors (Lipinski definition) is 3. The first-order valence-corrected chi connectivity index (χ1v) is 9.85. The van der Waals surface area contributed by atoms with Crippen LogP contribution in [0.2, 0.25) is 0 Å². The highest BCUT2D eigenvalue weighted by Crippen LogP contribution is 2.25. The minimum atomic E-state index is 0. The molecular formula is C21H32ClN3O2. The number of amides is 2. The van der Waals surface area contributed by atoms with Gasteiger partial charge in [-0.3, -0.25) is 9.59 Å². The number of rotatable bonds is 3. The molecule has 0 saturated carbocycles. The number of aryl methyl sites for hydroxylation is 1. The molecular weight excluding hydrogens is 362 g/mol. The number of nitrogens with one attached hydrogen (secondary N) is 2. The lowest BCUT2D eigenvalue weighted by atomic mass is 9.91. The average Bonchev–Trinajstić information content (AvgIpc) is 2.63. The molecule has 0 spiro atoms. The topological polar surface area (TPSA) is 61.4 Å². The number of benzene rings is 1. The number of carbonyl (C=O) groups is 2. The maximum atomic E-state index is 12.9. The van der Waals surface area contributed by atoms with E-state index in [-0.39, 0.29) is 30.1 Å². The van der Waals surface area contributed by atoms with E-state index in [0.29, 0.717) is 17.4 Å². The fourth-order valence-electron chi connectivity index (χ4n) is 4.22. The normalized spacial score (nSPS) is 23.4. The molecule has 2 aliphatic rings. The van der Waals surface area contributed by atoms with E-state index in [1.807, 2.05) is 30.0 Å². The molecule has 0 aliphatic carbocycles. The van der Waals surface area contributed by atoms with Gasteiger partial charge in [0.25, 0.3) is 5.91 Å². The van der Waals surface area contributed by atoms with Gasteiger partial charge in [-0.25, -0.2) is 0 Å². The van der Waals surface area contributed by atoms with E-state index in [1.54, 1.807) is 0 Å². The molecule has 2 atom stereocenters. The zero-order chi connectivity index (χ0) is 18.7. The number of halogens is 1. The van der Waals surface area contributed by atoms with Crippen molar-refractivity contribution in [2.24, 2.45) is 17.8 Å². The number of hydrogen-bond donors (Lipinski definition) is 2. The average molecular weight is 394 g/mol. The summed E-state index contributed by atoms with van der Waals surface area (Å²) in [5, 5.41) is 6.34. The van der Waals surface area contributed by atoms with Crippen LogP contribution in [0.3, 0.4) is 0 Å². The Bertz CT molecular complexity index is 663. The van der Waals surface area contributed by atoms with Gasteiger partial charge in [-0.05, 0) is 68.8 Å². The van der Waals surface area contributed by atoms with Crippen LogP contribution in [-0.4, -0.2) is 42.9 Å². The van der Waals surface area contributed by atoms with E-state index >= 15 is 0 Å². The molecule has 27 heavy (non-hydrogen) atoms. The Hall–Kier alpha value is -1.59. The molecule has 150 valence electrons. The van der Waals surface area contributed by atoms with Crippen LogP contribution in [0.15, 0.2) is 18.2 Å². The van der Waals surface area contributed by atoms with Gasteiger partial charge >= 0.3 is 0 Å². The second-order valence-electron chi connectivity index (χ2n) is 8.20. The van der Waals surface area contributed by atoms with Crippen LogP contribution in [0, 0.1) is 24.7 Å². The van der Waals surface area contributed by atoms with Gasteiger partial charge in [0.2, 0.25) is 5.91 Å². The highest BCUT2D eigenvalue weighted by atomic mass is 35.5. The zero-order valence-corrected chi connectivity index (χ0v) is 17.4. The highest BCUT2D eigenvalue weighted by molar-refractivity contribution is 5.98. The minimum absolute atomic E-state index is 0. The zero-order valence-electron chi connectivity index (χ0n) is 16.6. The lowest BCUT2D eigenvalue weighted by Crippen LogP contribution is -2.42. The van der Waals surface area contributed by atoms with Crippen molar-refractivity contribution in [2.75, 3.05) is 31.5 Å². The minimum Gasteiger partial charge on any atom is -0.338 e. The van der Waals surface area contributed by atoms with Crippen LogP contribution in [0.5, 0.6) is 0 Å². The van der Waals surface area contributed by atoms with E-state index in [4.69, 9.17) is 0 Å². The molecule has 6 heteroatoms. The van der Waals surface area contributed by atoms with Crippen molar-refractivity contribution in [1.82, 2.24) is 10.2 Å². The van der Waals surface area contributed by atoms with Crippen LogP contribution >= 0.6 is 12.4 Å². The number of anilines is 1. The molecule has 5 nitrogen and oxygen atoms in total. The summed E-state index contributed by atoms with van der Waals surface area (Å²) < 4.78 is 0. The van der Waals surface area contributed by atoms with Gasteiger partial charge in [-0.2, -0.15) is 0 Å². The van der Waals surface area contributed by atoms with Gasteiger partial charge in [0.15, 0.2) is 0 Å². The van der Waals surface area contributed by atoms with Crippen molar-refractivity contribution in [1.29, 1.82) is 0 Å². The summed E-state index contributed by atoms with van der Waals surface area (Å²) in [7, 11) is 0. The van der Waals surface area contributed by atoms with Crippen LogP contribution < -0.4 is 10.6 Å². The van der Waals surface area contributed by atoms with Gasteiger partial charge in [-0.15, -0.1) is 12.4 Å². The van der Waals surface area contributed by atoms with Gasteiger partial charge in [0, 0.05) is 30.3 Å². The Balaban J connectivity index is 0.00000261. The van der Waals surface area contributed by atoms with Crippen molar-refractivity contribution in [3.05, 3.63) is 29.3 Å². The predicted molar refractivity (Wildman–Crippen MR) is 111 cm³/mol. The summed E-state index contributed by atoms with van der Waals surface area (Å²) in [5.41, 5.74) is 2.42. The van der Waals surface area contributed by atoms with Crippen molar-refractivity contribution >= 4 is 29.9 Å². The Morgan fingerprint density at radius 3 is 2.37 bits per heavy atom. The molecule has 0 radical (unpaired) electrons. The molecule has 2 fully saturated rings. The van der Waals surface area contributed by atoms with Crippen molar-refractivity contribution in [2.45, 2.75) is 40.0 Å². The lowest BCUT2D eigenvalue weighted by Gasteiger charge is -2.35. The van der Waals surface area contributed by atoms with Gasteiger partial charge in [0.1, 0.15) is 0 Å². The first-order valence-electron chi connectivity index (χ1n) is 9.85. The quantitative estimate of drug-likeness (QED) is 0.826. The van der Waals surface area contributed by atoms with Crippen LogP contribution in [0.4, 0.5) is 5.69 Å². The Kier molecular flexibility index (Phi) is 7.68. The summed E-state index contributed by atoms with van der Waals surface area (Å²) in [6.45, 7) is 9.78. The van der Waals surface area contributed by atoms with Gasteiger partial charge in [0.05, 0.1) is 0 Å². The third-order valence-electron chi connectivity index (χ3n) is 5.61. The monoisotopic (exact) mass is 393 g/mol. The predicted octanol–water partition coefficient (Wildman–Crippen LogP) is 3.47. The van der Waals surface area contributed by atoms with Crippen LogP contribution in [-0.2, 0) is 4.79 Å². The standard InChI is InChI=1S/C21H31N3O2.ClH/c1-14-10-15(2)13-24(12-14)21(26)18-5-4-16(3)19(11-18)23-20(25)17-6-8-22-9-7-17;/h4-5,11,14-15,17,22H,6-10,12-13H2,1-3H3,(H,23,25);1H. The van der Waals surface area contributed by atoms with Gasteiger partial charge < -0.3 is 15.5 Å². The molecule has 1 aromatic carbocycles. The molecule has 2 amide bonds.